The summed E-state index contributed by atoms with van der Waals surface area (Å²) in [6.45, 7) is 6.97. The Morgan fingerprint density at radius 3 is 2.35 bits per heavy atom. The van der Waals surface area contributed by atoms with Gasteiger partial charge in [-0.2, -0.15) is 0 Å². The molecule has 0 aliphatic heterocycles. The molecule has 0 radical (unpaired) electrons. The van der Waals surface area contributed by atoms with E-state index in [9.17, 15) is 0 Å². The Morgan fingerprint density at radius 1 is 1.00 bits per heavy atom. The van der Waals surface area contributed by atoms with Crippen molar-refractivity contribution in [2.45, 2.75) is 57.5 Å². The molecule has 2 unspecified atom stereocenters. The van der Waals surface area contributed by atoms with Crippen LogP contribution < -0.4 is 0 Å². The van der Waals surface area contributed by atoms with Crippen LogP contribution in [0, 0.1) is 18.8 Å². The SMILES string of the molecule is C=CC1C=CC(OCC2CCC(c3ccc(C)cc3)CC2)CC1. The molecule has 1 fully saturated rings. The summed E-state index contributed by atoms with van der Waals surface area (Å²) in [6, 6.07) is 9.13. The lowest BCUT2D eigenvalue weighted by Crippen LogP contribution is -2.23. The monoisotopic (exact) mass is 310 g/mol. The Hall–Kier alpha value is -1.34. The van der Waals surface area contributed by atoms with E-state index in [1.165, 1.54) is 43.2 Å². The van der Waals surface area contributed by atoms with Gasteiger partial charge in [-0.1, -0.05) is 48.1 Å². The molecule has 0 N–H and O–H groups in total. The highest BCUT2D eigenvalue weighted by Gasteiger charge is 2.23. The molecule has 0 bridgehead atoms. The highest BCUT2D eigenvalue weighted by molar-refractivity contribution is 5.24. The lowest BCUT2D eigenvalue weighted by molar-refractivity contribution is 0.0360. The molecule has 2 aliphatic rings. The predicted molar refractivity (Wildman–Crippen MR) is 97.7 cm³/mol. The van der Waals surface area contributed by atoms with Crippen molar-refractivity contribution in [3.63, 3.8) is 0 Å². The Balaban J connectivity index is 1.41. The quantitative estimate of drug-likeness (QED) is 0.624. The summed E-state index contributed by atoms with van der Waals surface area (Å²) in [4.78, 5) is 0. The van der Waals surface area contributed by atoms with Gasteiger partial charge in [0.05, 0.1) is 12.7 Å². The summed E-state index contributed by atoms with van der Waals surface area (Å²) >= 11 is 0. The number of ether oxygens (including phenoxy) is 1. The van der Waals surface area contributed by atoms with Crippen molar-refractivity contribution >= 4 is 0 Å². The van der Waals surface area contributed by atoms with Gasteiger partial charge in [-0.15, -0.1) is 6.58 Å². The Labute approximate surface area is 141 Å². The van der Waals surface area contributed by atoms with Gasteiger partial charge in [0.25, 0.3) is 0 Å². The van der Waals surface area contributed by atoms with Crippen LogP contribution in [0.25, 0.3) is 0 Å². The van der Waals surface area contributed by atoms with E-state index in [1.54, 1.807) is 0 Å². The van der Waals surface area contributed by atoms with Crippen molar-refractivity contribution < 1.29 is 4.74 Å². The molecule has 0 amide bonds. The second kappa shape index (κ2) is 7.97. The van der Waals surface area contributed by atoms with Crippen LogP contribution in [-0.4, -0.2) is 12.7 Å². The zero-order valence-electron chi connectivity index (χ0n) is 14.4. The fraction of sp³-hybridized carbons (Fsp3) is 0.545. The molecule has 23 heavy (non-hydrogen) atoms. The minimum atomic E-state index is 0.334. The molecule has 1 heteroatoms. The van der Waals surface area contributed by atoms with Gasteiger partial charge in [0, 0.05) is 0 Å². The molecule has 1 nitrogen and oxygen atoms in total. The van der Waals surface area contributed by atoms with Gasteiger partial charge in [0.2, 0.25) is 0 Å². The zero-order chi connectivity index (χ0) is 16.1. The van der Waals surface area contributed by atoms with Crippen LogP contribution in [0.2, 0.25) is 0 Å². The first-order valence-corrected chi connectivity index (χ1v) is 9.23. The lowest BCUT2D eigenvalue weighted by atomic mass is 9.79. The van der Waals surface area contributed by atoms with Gasteiger partial charge in [-0.3, -0.25) is 0 Å². The minimum Gasteiger partial charge on any atom is -0.374 e. The number of benzene rings is 1. The van der Waals surface area contributed by atoms with Gasteiger partial charge < -0.3 is 4.74 Å². The fourth-order valence-electron chi connectivity index (χ4n) is 3.91. The summed E-state index contributed by atoms with van der Waals surface area (Å²) in [6.07, 6.45) is 14.5. The van der Waals surface area contributed by atoms with Crippen LogP contribution in [0.5, 0.6) is 0 Å². The average molecular weight is 310 g/mol. The van der Waals surface area contributed by atoms with Crippen LogP contribution >= 0.6 is 0 Å². The predicted octanol–water partition coefficient (Wildman–Crippen LogP) is 5.81. The maximum Gasteiger partial charge on any atom is 0.0756 e. The largest absolute Gasteiger partial charge is 0.374 e. The van der Waals surface area contributed by atoms with Gasteiger partial charge >= 0.3 is 0 Å². The van der Waals surface area contributed by atoms with E-state index < -0.39 is 0 Å². The first kappa shape index (κ1) is 16.5. The molecule has 124 valence electrons. The van der Waals surface area contributed by atoms with E-state index in [4.69, 9.17) is 4.74 Å². The van der Waals surface area contributed by atoms with Gasteiger partial charge in [0.1, 0.15) is 0 Å². The normalized spacial score (nSPS) is 31.0. The van der Waals surface area contributed by atoms with E-state index in [0.29, 0.717) is 12.0 Å². The van der Waals surface area contributed by atoms with Crippen molar-refractivity contribution in [3.8, 4) is 0 Å². The van der Waals surface area contributed by atoms with E-state index in [1.807, 2.05) is 6.08 Å². The van der Waals surface area contributed by atoms with Gasteiger partial charge in [-0.05, 0) is 68.8 Å². The molecule has 3 rings (SSSR count). The Bertz CT molecular complexity index is 519. The van der Waals surface area contributed by atoms with Crippen LogP contribution in [0.1, 0.15) is 55.6 Å². The highest BCUT2D eigenvalue weighted by Crippen LogP contribution is 2.36. The van der Waals surface area contributed by atoms with E-state index in [0.717, 1.165) is 24.9 Å². The number of allylic oxidation sites excluding steroid dienone is 2. The molecule has 2 atom stereocenters. The molecule has 0 saturated heterocycles. The molecule has 1 aromatic carbocycles. The van der Waals surface area contributed by atoms with Crippen LogP contribution in [0.3, 0.4) is 0 Å². The molecule has 1 saturated carbocycles. The third kappa shape index (κ3) is 4.57. The standard InChI is InChI=1S/C22H30O/c1-3-18-8-14-22(15-9-18)23-16-19-6-12-21(13-7-19)20-10-4-17(2)5-11-20/h3-5,8,10-11,14,18-19,21-22H,1,6-7,9,12-13,15-16H2,2H3. The summed E-state index contributed by atoms with van der Waals surface area (Å²) < 4.78 is 6.15. The molecule has 0 spiro atoms. The minimum absolute atomic E-state index is 0.334. The maximum atomic E-state index is 6.15. The third-order valence-corrected chi connectivity index (χ3v) is 5.60. The summed E-state index contributed by atoms with van der Waals surface area (Å²) in [5.41, 5.74) is 2.88. The van der Waals surface area contributed by atoms with Crippen LogP contribution in [-0.2, 0) is 4.74 Å². The van der Waals surface area contributed by atoms with Crippen molar-refractivity contribution in [2.75, 3.05) is 6.61 Å². The van der Waals surface area contributed by atoms with Crippen molar-refractivity contribution in [3.05, 3.63) is 60.2 Å². The maximum absolute atomic E-state index is 6.15. The topological polar surface area (TPSA) is 9.23 Å². The lowest BCUT2D eigenvalue weighted by Gasteiger charge is -2.30. The van der Waals surface area contributed by atoms with E-state index >= 15 is 0 Å². The van der Waals surface area contributed by atoms with Crippen LogP contribution in [0.4, 0.5) is 0 Å². The zero-order valence-corrected chi connectivity index (χ0v) is 14.4. The third-order valence-electron chi connectivity index (χ3n) is 5.60. The number of hydrogen-bond acceptors (Lipinski definition) is 1. The molecule has 2 aliphatic carbocycles. The van der Waals surface area contributed by atoms with Crippen molar-refractivity contribution in [1.29, 1.82) is 0 Å². The highest BCUT2D eigenvalue weighted by atomic mass is 16.5. The average Bonchev–Trinajstić information content (AvgIpc) is 2.61. The summed E-state index contributed by atoms with van der Waals surface area (Å²) in [5.74, 6) is 2.07. The molecule has 0 heterocycles. The smallest absolute Gasteiger partial charge is 0.0756 e. The van der Waals surface area contributed by atoms with Gasteiger partial charge in [-0.25, -0.2) is 0 Å². The molecular formula is C22H30O. The van der Waals surface area contributed by atoms with Crippen molar-refractivity contribution in [2.24, 2.45) is 11.8 Å². The second-order valence-electron chi connectivity index (χ2n) is 7.36. The first-order valence-electron chi connectivity index (χ1n) is 9.23. The molecular weight excluding hydrogens is 280 g/mol. The molecule has 0 aromatic heterocycles. The van der Waals surface area contributed by atoms with Crippen molar-refractivity contribution in [1.82, 2.24) is 0 Å². The van der Waals surface area contributed by atoms with Crippen LogP contribution in [0.15, 0.2) is 49.1 Å². The first-order chi connectivity index (χ1) is 11.2. The summed E-state index contributed by atoms with van der Waals surface area (Å²) in [7, 11) is 0. The second-order valence-corrected chi connectivity index (χ2v) is 7.36. The van der Waals surface area contributed by atoms with E-state index in [2.05, 4.69) is 49.9 Å². The Morgan fingerprint density at radius 2 is 1.74 bits per heavy atom. The Kier molecular flexibility index (Phi) is 5.72. The number of aryl methyl sites for hydroxylation is 1. The van der Waals surface area contributed by atoms with E-state index in [-0.39, 0.29) is 0 Å². The molecule has 1 aromatic rings. The number of rotatable bonds is 5. The van der Waals surface area contributed by atoms with Gasteiger partial charge in [0.15, 0.2) is 0 Å². The fourth-order valence-corrected chi connectivity index (χ4v) is 3.91. The number of hydrogen-bond donors (Lipinski definition) is 0. The summed E-state index contributed by atoms with van der Waals surface area (Å²) in [5, 5.41) is 0.